The number of rotatable bonds is 7. The van der Waals surface area contributed by atoms with Crippen molar-refractivity contribution in [3.05, 3.63) is 23.8 Å². The summed E-state index contributed by atoms with van der Waals surface area (Å²) in [7, 11) is 5.30. The van der Waals surface area contributed by atoms with Crippen molar-refractivity contribution in [2.45, 2.75) is 51.2 Å². The molecule has 0 amide bonds. The van der Waals surface area contributed by atoms with E-state index in [-0.39, 0.29) is 0 Å². The van der Waals surface area contributed by atoms with E-state index in [9.17, 15) is 5.11 Å². The number of nitrogens with one attached hydrogen (secondary N) is 1. The van der Waals surface area contributed by atoms with Crippen LogP contribution in [0.2, 0.25) is 0 Å². The van der Waals surface area contributed by atoms with Crippen molar-refractivity contribution in [2.75, 3.05) is 34.4 Å². The predicted molar refractivity (Wildman–Crippen MR) is 105 cm³/mol. The zero-order chi connectivity index (χ0) is 19.0. The number of methoxy groups -OCH3 is 2. The summed E-state index contributed by atoms with van der Waals surface area (Å²) in [5.74, 6) is 2.36. The highest BCUT2D eigenvalue weighted by molar-refractivity contribution is 5.79. The van der Waals surface area contributed by atoms with E-state index in [4.69, 9.17) is 14.5 Å². The molecule has 0 radical (unpaired) electrons. The molecule has 6 nitrogen and oxygen atoms in total. The van der Waals surface area contributed by atoms with Crippen LogP contribution in [0.3, 0.4) is 0 Å². The van der Waals surface area contributed by atoms with Crippen LogP contribution in [0, 0.1) is 0 Å². The Balaban J connectivity index is 2.10. The van der Waals surface area contributed by atoms with E-state index in [1.54, 1.807) is 14.2 Å². The van der Waals surface area contributed by atoms with Crippen LogP contribution in [0.1, 0.15) is 44.6 Å². The fourth-order valence-electron chi connectivity index (χ4n) is 3.37. The van der Waals surface area contributed by atoms with Crippen molar-refractivity contribution in [3.8, 4) is 11.5 Å². The topological polar surface area (TPSA) is 66.3 Å². The minimum atomic E-state index is -0.655. The van der Waals surface area contributed by atoms with E-state index in [1.165, 1.54) is 6.42 Å². The average molecular weight is 364 g/mol. The van der Waals surface area contributed by atoms with Gasteiger partial charge in [0, 0.05) is 31.8 Å². The maximum absolute atomic E-state index is 10.7. The van der Waals surface area contributed by atoms with Crippen molar-refractivity contribution >= 4 is 5.96 Å². The molecule has 1 fully saturated rings. The number of hydrogen-bond donors (Lipinski definition) is 2. The monoisotopic (exact) mass is 363 g/mol. The van der Waals surface area contributed by atoms with Gasteiger partial charge in [0.15, 0.2) is 5.96 Å². The Morgan fingerprint density at radius 1 is 1.23 bits per heavy atom. The van der Waals surface area contributed by atoms with Crippen molar-refractivity contribution < 1.29 is 14.6 Å². The molecule has 1 saturated carbocycles. The lowest BCUT2D eigenvalue weighted by atomic mass is 9.85. The maximum atomic E-state index is 10.7. The number of benzene rings is 1. The number of ether oxygens (including phenoxy) is 2. The van der Waals surface area contributed by atoms with Gasteiger partial charge in [-0.15, -0.1) is 0 Å². The minimum absolute atomic E-state index is 0.444. The Bertz CT molecular complexity index is 598. The summed E-state index contributed by atoms with van der Waals surface area (Å²) >= 11 is 0. The first kappa shape index (κ1) is 20.4. The molecule has 0 heterocycles. The summed E-state index contributed by atoms with van der Waals surface area (Å²) in [6.07, 6.45) is 5.06. The van der Waals surface area contributed by atoms with E-state index in [0.717, 1.165) is 55.3 Å². The van der Waals surface area contributed by atoms with Crippen LogP contribution in [0.25, 0.3) is 0 Å². The van der Waals surface area contributed by atoms with Crippen LogP contribution in [-0.2, 0) is 6.54 Å². The molecule has 0 spiro atoms. The molecule has 0 atom stereocenters. The van der Waals surface area contributed by atoms with Gasteiger partial charge in [0.2, 0.25) is 0 Å². The summed E-state index contributed by atoms with van der Waals surface area (Å²) in [4.78, 5) is 6.77. The highest BCUT2D eigenvalue weighted by Gasteiger charge is 2.29. The largest absolute Gasteiger partial charge is 0.497 e. The highest BCUT2D eigenvalue weighted by atomic mass is 16.5. The lowest BCUT2D eigenvalue weighted by molar-refractivity contribution is 0.0130. The molecule has 0 bridgehead atoms. The van der Waals surface area contributed by atoms with E-state index in [0.29, 0.717) is 13.1 Å². The SMILES string of the molecule is CCNC(=NCC1(O)CCCCC1)N(C)Cc1ccc(OC)cc1OC. The Kier molecular flexibility index (Phi) is 7.57. The van der Waals surface area contributed by atoms with Gasteiger partial charge in [0.05, 0.1) is 26.4 Å². The molecule has 1 aliphatic rings. The molecule has 1 aromatic carbocycles. The summed E-state index contributed by atoms with van der Waals surface area (Å²) in [5, 5.41) is 14.0. The lowest BCUT2D eigenvalue weighted by Gasteiger charge is -2.31. The van der Waals surface area contributed by atoms with Crippen LogP contribution in [0.5, 0.6) is 11.5 Å². The second-order valence-electron chi connectivity index (χ2n) is 6.99. The summed E-state index contributed by atoms with van der Waals surface area (Å²) in [6, 6.07) is 5.82. The van der Waals surface area contributed by atoms with Gasteiger partial charge < -0.3 is 24.8 Å². The smallest absolute Gasteiger partial charge is 0.194 e. The van der Waals surface area contributed by atoms with Gasteiger partial charge in [-0.3, -0.25) is 4.99 Å². The Morgan fingerprint density at radius 2 is 1.96 bits per heavy atom. The zero-order valence-electron chi connectivity index (χ0n) is 16.5. The molecule has 0 aromatic heterocycles. The third-order valence-corrected chi connectivity index (χ3v) is 4.91. The molecule has 0 saturated heterocycles. The zero-order valence-corrected chi connectivity index (χ0v) is 16.5. The first-order chi connectivity index (χ1) is 12.5. The van der Waals surface area contributed by atoms with Crippen molar-refractivity contribution in [2.24, 2.45) is 4.99 Å². The van der Waals surface area contributed by atoms with Gasteiger partial charge >= 0.3 is 0 Å². The van der Waals surface area contributed by atoms with E-state index < -0.39 is 5.60 Å². The average Bonchev–Trinajstić information content (AvgIpc) is 2.65. The maximum Gasteiger partial charge on any atom is 0.194 e. The number of nitrogens with zero attached hydrogens (tertiary/aromatic N) is 2. The summed E-state index contributed by atoms with van der Waals surface area (Å²) in [6.45, 7) is 3.92. The van der Waals surface area contributed by atoms with Crippen molar-refractivity contribution in [1.82, 2.24) is 10.2 Å². The Hall–Kier alpha value is -1.95. The first-order valence-electron chi connectivity index (χ1n) is 9.44. The van der Waals surface area contributed by atoms with Gasteiger partial charge in [-0.05, 0) is 31.9 Å². The Labute approximate surface area is 157 Å². The molecule has 0 aliphatic heterocycles. The number of hydrogen-bond acceptors (Lipinski definition) is 4. The normalized spacial score (nSPS) is 16.9. The molecular formula is C20H33N3O3. The second kappa shape index (κ2) is 9.67. The van der Waals surface area contributed by atoms with Crippen molar-refractivity contribution in [1.29, 1.82) is 0 Å². The molecule has 1 aliphatic carbocycles. The van der Waals surface area contributed by atoms with Gasteiger partial charge in [-0.2, -0.15) is 0 Å². The molecule has 0 unspecified atom stereocenters. The standard InChI is InChI=1S/C20H33N3O3/c1-5-21-19(22-15-20(24)11-7-6-8-12-20)23(2)14-16-9-10-17(25-3)13-18(16)26-4/h9-10,13,24H,5-8,11-12,14-15H2,1-4H3,(H,21,22). The van der Waals surface area contributed by atoms with Crippen LogP contribution in [-0.4, -0.2) is 55.9 Å². The van der Waals surface area contributed by atoms with E-state index >= 15 is 0 Å². The predicted octanol–water partition coefficient (Wildman–Crippen LogP) is 2.80. The summed E-state index contributed by atoms with van der Waals surface area (Å²) in [5.41, 5.74) is 0.398. The number of aliphatic hydroxyl groups is 1. The number of guanidine groups is 1. The minimum Gasteiger partial charge on any atom is -0.497 e. The van der Waals surface area contributed by atoms with E-state index in [1.807, 2.05) is 32.2 Å². The van der Waals surface area contributed by atoms with Crippen molar-refractivity contribution in [3.63, 3.8) is 0 Å². The molecule has 6 heteroatoms. The summed E-state index contributed by atoms with van der Waals surface area (Å²) < 4.78 is 10.8. The molecule has 146 valence electrons. The lowest BCUT2D eigenvalue weighted by Crippen LogP contribution is -2.41. The van der Waals surface area contributed by atoms with Gasteiger partial charge in [-0.25, -0.2) is 0 Å². The van der Waals surface area contributed by atoms with Crippen LogP contribution >= 0.6 is 0 Å². The molecule has 2 rings (SSSR count). The van der Waals surface area contributed by atoms with Gasteiger partial charge in [0.1, 0.15) is 11.5 Å². The van der Waals surface area contributed by atoms with Crippen LogP contribution in [0.15, 0.2) is 23.2 Å². The fraction of sp³-hybridized carbons (Fsp3) is 0.650. The second-order valence-corrected chi connectivity index (χ2v) is 6.99. The fourth-order valence-corrected chi connectivity index (χ4v) is 3.37. The molecule has 1 aromatic rings. The number of aliphatic imine (C=N–C) groups is 1. The molecule has 26 heavy (non-hydrogen) atoms. The van der Waals surface area contributed by atoms with Crippen LogP contribution in [0.4, 0.5) is 0 Å². The highest BCUT2D eigenvalue weighted by Crippen LogP contribution is 2.28. The van der Waals surface area contributed by atoms with E-state index in [2.05, 4.69) is 10.2 Å². The van der Waals surface area contributed by atoms with Crippen LogP contribution < -0.4 is 14.8 Å². The quantitative estimate of drug-likeness (QED) is 0.576. The third-order valence-electron chi connectivity index (χ3n) is 4.91. The van der Waals surface area contributed by atoms with Gasteiger partial charge in [0.25, 0.3) is 0 Å². The Morgan fingerprint density at radius 3 is 2.58 bits per heavy atom. The molecular weight excluding hydrogens is 330 g/mol. The van der Waals surface area contributed by atoms with Gasteiger partial charge in [-0.1, -0.05) is 19.3 Å². The molecule has 2 N–H and O–H groups in total. The third kappa shape index (κ3) is 5.53. The first-order valence-corrected chi connectivity index (χ1v) is 9.44.